The summed E-state index contributed by atoms with van der Waals surface area (Å²) in [5, 5.41) is 3.11. The quantitative estimate of drug-likeness (QED) is 0.848. The van der Waals surface area contributed by atoms with E-state index in [1.807, 2.05) is 37.3 Å². The molecule has 1 aromatic rings. The Morgan fingerprint density at radius 3 is 2.78 bits per heavy atom. The summed E-state index contributed by atoms with van der Waals surface area (Å²) in [5.41, 5.74) is 0. The van der Waals surface area contributed by atoms with Gasteiger partial charge < -0.3 is 14.8 Å². The third kappa shape index (κ3) is 3.89. The normalized spacial score (nSPS) is 22.1. The molecule has 18 heavy (non-hydrogen) atoms. The first-order valence-electron chi connectivity index (χ1n) is 5.91. The number of hydrogen-bond acceptors (Lipinski definition) is 4. The average molecular weight is 272 g/mol. The van der Waals surface area contributed by atoms with Gasteiger partial charge in [-0.15, -0.1) is 12.4 Å². The number of halogens is 1. The van der Waals surface area contributed by atoms with E-state index >= 15 is 0 Å². The lowest BCUT2D eigenvalue weighted by Crippen LogP contribution is -2.32. The molecule has 0 radical (unpaired) electrons. The van der Waals surface area contributed by atoms with Crippen LogP contribution < -0.4 is 10.1 Å². The lowest BCUT2D eigenvalue weighted by Gasteiger charge is -2.12. The number of para-hydroxylation sites is 1. The van der Waals surface area contributed by atoms with Crippen LogP contribution in [-0.4, -0.2) is 31.3 Å². The van der Waals surface area contributed by atoms with Gasteiger partial charge in [0, 0.05) is 13.0 Å². The summed E-state index contributed by atoms with van der Waals surface area (Å²) >= 11 is 0. The fourth-order valence-electron chi connectivity index (χ4n) is 1.91. The van der Waals surface area contributed by atoms with Crippen LogP contribution in [0, 0.1) is 0 Å². The first-order chi connectivity index (χ1) is 8.29. The van der Waals surface area contributed by atoms with Gasteiger partial charge in [-0.1, -0.05) is 18.2 Å². The smallest absolute Gasteiger partial charge is 0.323 e. The number of ether oxygens (including phenoxy) is 2. The molecule has 0 aliphatic carbocycles. The van der Waals surface area contributed by atoms with Crippen LogP contribution in [0.3, 0.4) is 0 Å². The van der Waals surface area contributed by atoms with Gasteiger partial charge in [0.15, 0.2) is 0 Å². The Kier molecular flexibility index (Phi) is 5.95. The fraction of sp³-hybridized carbons (Fsp3) is 0.462. The molecule has 0 bridgehead atoms. The molecule has 5 heteroatoms. The second kappa shape index (κ2) is 7.24. The molecule has 2 rings (SSSR count). The molecule has 0 spiro atoms. The van der Waals surface area contributed by atoms with Crippen LogP contribution in [0.15, 0.2) is 30.3 Å². The van der Waals surface area contributed by atoms with Crippen molar-refractivity contribution >= 4 is 18.4 Å². The number of benzene rings is 1. The van der Waals surface area contributed by atoms with E-state index in [-0.39, 0.29) is 30.5 Å². The maximum atomic E-state index is 11.5. The zero-order chi connectivity index (χ0) is 12.1. The van der Waals surface area contributed by atoms with Gasteiger partial charge in [-0.3, -0.25) is 4.79 Å². The number of carbonyl (C=O) groups is 1. The van der Waals surface area contributed by atoms with Crippen molar-refractivity contribution in [3.63, 3.8) is 0 Å². The van der Waals surface area contributed by atoms with E-state index in [0.717, 1.165) is 5.75 Å². The van der Waals surface area contributed by atoms with E-state index in [0.29, 0.717) is 19.6 Å². The van der Waals surface area contributed by atoms with E-state index in [4.69, 9.17) is 9.47 Å². The largest absolute Gasteiger partial charge is 0.489 e. The van der Waals surface area contributed by atoms with Gasteiger partial charge in [0.1, 0.15) is 17.9 Å². The van der Waals surface area contributed by atoms with Gasteiger partial charge in [0.05, 0.1) is 6.61 Å². The summed E-state index contributed by atoms with van der Waals surface area (Å²) in [6.07, 6.45) is 0.695. The number of esters is 1. The van der Waals surface area contributed by atoms with Crippen LogP contribution in [-0.2, 0) is 9.53 Å². The van der Waals surface area contributed by atoms with Crippen molar-refractivity contribution in [2.45, 2.75) is 25.5 Å². The molecule has 0 unspecified atom stereocenters. The highest BCUT2D eigenvalue weighted by molar-refractivity contribution is 5.85. The van der Waals surface area contributed by atoms with Crippen LogP contribution in [0.5, 0.6) is 5.75 Å². The van der Waals surface area contributed by atoms with Crippen molar-refractivity contribution < 1.29 is 14.3 Å². The maximum Gasteiger partial charge on any atom is 0.323 e. The molecule has 1 aliphatic heterocycles. The molecule has 4 nitrogen and oxygen atoms in total. The van der Waals surface area contributed by atoms with E-state index < -0.39 is 0 Å². The van der Waals surface area contributed by atoms with Crippen molar-refractivity contribution in [1.29, 1.82) is 0 Å². The Morgan fingerprint density at radius 1 is 1.39 bits per heavy atom. The van der Waals surface area contributed by atoms with Crippen LogP contribution in [0.1, 0.15) is 13.3 Å². The fourth-order valence-corrected chi connectivity index (χ4v) is 1.91. The molecule has 1 heterocycles. The van der Waals surface area contributed by atoms with Gasteiger partial charge in [-0.05, 0) is 19.1 Å². The summed E-state index contributed by atoms with van der Waals surface area (Å²) in [4.78, 5) is 11.5. The minimum Gasteiger partial charge on any atom is -0.489 e. The topological polar surface area (TPSA) is 47.6 Å². The Hall–Kier alpha value is -1.26. The number of nitrogens with one attached hydrogen (secondary N) is 1. The molecular formula is C13H18ClNO3. The van der Waals surface area contributed by atoms with Crippen LogP contribution in [0.25, 0.3) is 0 Å². The van der Waals surface area contributed by atoms with Gasteiger partial charge in [-0.25, -0.2) is 0 Å². The van der Waals surface area contributed by atoms with Crippen molar-refractivity contribution in [3.8, 4) is 5.75 Å². The molecule has 0 saturated carbocycles. The van der Waals surface area contributed by atoms with Crippen LogP contribution in [0.2, 0.25) is 0 Å². The molecule has 0 amide bonds. The maximum absolute atomic E-state index is 11.5. The predicted octanol–water partition coefficient (Wildman–Crippen LogP) is 1.78. The average Bonchev–Trinajstić information content (AvgIpc) is 2.79. The minimum absolute atomic E-state index is 0. The highest BCUT2D eigenvalue weighted by Gasteiger charge is 2.31. The Balaban J connectivity index is 0.00000162. The lowest BCUT2D eigenvalue weighted by molar-refractivity contribution is -0.145. The van der Waals surface area contributed by atoms with Gasteiger partial charge in [0.25, 0.3) is 0 Å². The molecule has 1 aliphatic rings. The van der Waals surface area contributed by atoms with E-state index in [1.54, 1.807) is 0 Å². The SMILES string of the molecule is CCOC(=O)[C@@H]1C[C@H](Oc2ccccc2)CN1.Cl. The van der Waals surface area contributed by atoms with Crippen molar-refractivity contribution in [2.24, 2.45) is 0 Å². The summed E-state index contributed by atoms with van der Waals surface area (Å²) in [7, 11) is 0. The molecule has 1 aromatic carbocycles. The van der Waals surface area contributed by atoms with Gasteiger partial charge in [0.2, 0.25) is 0 Å². The van der Waals surface area contributed by atoms with Crippen molar-refractivity contribution in [2.75, 3.05) is 13.2 Å². The predicted molar refractivity (Wildman–Crippen MR) is 71.1 cm³/mol. The third-order valence-electron chi connectivity index (χ3n) is 2.71. The minimum atomic E-state index is -0.233. The first-order valence-corrected chi connectivity index (χ1v) is 5.91. The lowest BCUT2D eigenvalue weighted by atomic mass is 10.2. The van der Waals surface area contributed by atoms with Crippen molar-refractivity contribution in [1.82, 2.24) is 5.32 Å². The number of rotatable bonds is 4. The molecule has 1 N–H and O–H groups in total. The molecule has 1 saturated heterocycles. The standard InChI is InChI=1S/C13H17NO3.ClH/c1-2-16-13(15)12-8-11(9-14-12)17-10-6-4-3-5-7-10;/h3-7,11-12,14H,2,8-9H2,1H3;1H/t11-,12-;/m0./s1. The highest BCUT2D eigenvalue weighted by Crippen LogP contribution is 2.17. The number of hydrogen-bond donors (Lipinski definition) is 1. The Bertz CT molecular complexity index is 372. The third-order valence-corrected chi connectivity index (χ3v) is 2.71. The Morgan fingerprint density at radius 2 is 2.11 bits per heavy atom. The molecule has 0 aromatic heterocycles. The Labute approximate surface area is 113 Å². The molecule has 2 atom stereocenters. The van der Waals surface area contributed by atoms with E-state index in [1.165, 1.54) is 0 Å². The zero-order valence-corrected chi connectivity index (χ0v) is 11.1. The summed E-state index contributed by atoms with van der Waals surface area (Å²) in [6, 6.07) is 9.40. The molecule has 1 fully saturated rings. The molecular weight excluding hydrogens is 254 g/mol. The second-order valence-electron chi connectivity index (χ2n) is 4.00. The van der Waals surface area contributed by atoms with E-state index in [2.05, 4.69) is 5.32 Å². The second-order valence-corrected chi connectivity index (χ2v) is 4.00. The summed E-state index contributed by atoms with van der Waals surface area (Å²) in [6.45, 7) is 2.91. The van der Waals surface area contributed by atoms with Crippen LogP contribution >= 0.6 is 12.4 Å². The van der Waals surface area contributed by atoms with Crippen LogP contribution in [0.4, 0.5) is 0 Å². The highest BCUT2D eigenvalue weighted by atomic mass is 35.5. The zero-order valence-electron chi connectivity index (χ0n) is 10.3. The van der Waals surface area contributed by atoms with Gasteiger partial charge >= 0.3 is 5.97 Å². The monoisotopic (exact) mass is 271 g/mol. The van der Waals surface area contributed by atoms with Gasteiger partial charge in [-0.2, -0.15) is 0 Å². The summed E-state index contributed by atoms with van der Waals surface area (Å²) < 4.78 is 10.7. The number of carbonyl (C=O) groups excluding carboxylic acids is 1. The summed E-state index contributed by atoms with van der Waals surface area (Å²) in [5.74, 6) is 0.649. The molecule has 100 valence electrons. The van der Waals surface area contributed by atoms with Crippen molar-refractivity contribution in [3.05, 3.63) is 30.3 Å². The first kappa shape index (κ1) is 14.8. The van der Waals surface area contributed by atoms with E-state index in [9.17, 15) is 4.79 Å².